The molecule has 1 aliphatic rings. The van der Waals surface area contributed by atoms with E-state index in [1.165, 1.54) is 23.0 Å². The zero-order valence-electron chi connectivity index (χ0n) is 14.2. The van der Waals surface area contributed by atoms with Crippen LogP contribution in [0.2, 0.25) is 0 Å². The van der Waals surface area contributed by atoms with Gasteiger partial charge in [0.25, 0.3) is 5.91 Å². The van der Waals surface area contributed by atoms with Crippen molar-refractivity contribution < 1.29 is 18.4 Å². The summed E-state index contributed by atoms with van der Waals surface area (Å²) in [5, 5.41) is 5.40. The third kappa shape index (κ3) is 3.77. The summed E-state index contributed by atoms with van der Waals surface area (Å²) in [5.74, 6) is -1.98. The summed E-state index contributed by atoms with van der Waals surface area (Å²) in [4.78, 5) is 26.0. The number of hydrogen-bond acceptors (Lipinski definition) is 3. The largest absolute Gasteiger partial charge is 0.336 e. The van der Waals surface area contributed by atoms with E-state index < -0.39 is 17.5 Å². The highest BCUT2D eigenvalue weighted by Crippen LogP contribution is 2.20. The molecule has 1 aliphatic heterocycles. The van der Waals surface area contributed by atoms with Gasteiger partial charge in [0.1, 0.15) is 17.3 Å². The van der Waals surface area contributed by atoms with E-state index in [1.54, 1.807) is 24.3 Å². The molecular weight excluding hydrogens is 340 g/mol. The number of para-hydroxylation sites is 1. The second kappa shape index (κ2) is 7.43. The van der Waals surface area contributed by atoms with Crippen molar-refractivity contribution in [1.82, 2.24) is 4.90 Å². The Morgan fingerprint density at radius 1 is 1.15 bits per heavy atom. The Balaban J connectivity index is 1.78. The molecule has 3 rings (SSSR count). The van der Waals surface area contributed by atoms with Gasteiger partial charge in [-0.2, -0.15) is 5.10 Å². The van der Waals surface area contributed by atoms with Crippen LogP contribution in [-0.2, 0) is 16.1 Å². The van der Waals surface area contributed by atoms with Crippen LogP contribution in [0.25, 0.3) is 0 Å². The number of amides is 2. The average molecular weight is 357 g/mol. The topological polar surface area (TPSA) is 53.0 Å². The maximum absolute atomic E-state index is 13.8. The molecule has 2 aromatic carbocycles. The van der Waals surface area contributed by atoms with Gasteiger partial charge in [0.15, 0.2) is 0 Å². The number of carbonyl (C=O) groups is 2. The van der Waals surface area contributed by atoms with Crippen LogP contribution in [0.5, 0.6) is 0 Å². The molecule has 0 saturated carbocycles. The van der Waals surface area contributed by atoms with Gasteiger partial charge in [0.2, 0.25) is 5.91 Å². The summed E-state index contributed by atoms with van der Waals surface area (Å²) >= 11 is 0. The lowest BCUT2D eigenvalue weighted by molar-refractivity contribution is -0.123. The lowest BCUT2D eigenvalue weighted by Crippen LogP contribution is -2.39. The second-order valence-electron chi connectivity index (χ2n) is 5.98. The van der Waals surface area contributed by atoms with Gasteiger partial charge in [0, 0.05) is 38.1 Å². The minimum absolute atomic E-state index is 0.0246. The summed E-state index contributed by atoms with van der Waals surface area (Å²) in [6, 6.07) is 12.1. The number of hydrazone groups is 1. The van der Waals surface area contributed by atoms with E-state index in [4.69, 9.17) is 0 Å². The van der Waals surface area contributed by atoms with E-state index >= 15 is 0 Å². The maximum Gasteiger partial charge on any atom is 0.270 e. The van der Waals surface area contributed by atoms with E-state index in [0.717, 1.165) is 12.1 Å². The van der Waals surface area contributed by atoms with Crippen molar-refractivity contribution in [3.63, 3.8) is 0 Å². The molecule has 5 nitrogen and oxygen atoms in total. The van der Waals surface area contributed by atoms with Gasteiger partial charge in [-0.05, 0) is 18.2 Å². The van der Waals surface area contributed by atoms with Crippen molar-refractivity contribution in [3.8, 4) is 0 Å². The van der Waals surface area contributed by atoms with Crippen LogP contribution in [-0.4, -0.2) is 29.5 Å². The Labute approximate surface area is 149 Å². The molecule has 0 fully saturated rings. The van der Waals surface area contributed by atoms with Crippen LogP contribution in [0.15, 0.2) is 53.6 Å². The van der Waals surface area contributed by atoms with Gasteiger partial charge >= 0.3 is 0 Å². The van der Waals surface area contributed by atoms with Gasteiger partial charge in [-0.3, -0.25) is 9.59 Å². The molecule has 134 valence electrons. The van der Waals surface area contributed by atoms with Crippen LogP contribution >= 0.6 is 0 Å². The highest BCUT2D eigenvalue weighted by Gasteiger charge is 2.27. The molecule has 2 aromatic rings. The quantitative estimate of drug-likeness (QED) is 0.844. The lowest BCUT2D eigenvalue weighted by atomic mass is 10.1. The van der Waals surface area contributed by atoms with Gasteiger partial charge in [0.05, 0.1) is 5.69 Å². The average Bonchev–Trinajstić information content (AvgIpc) is 2.64. The van der Waals surface area contributed by atoms with Gasteiger partial charge in [-0.25, -0.2) is 13.8 Å². The van der Waals surface area contributed by atoms with Gasteiger partial charge in [-0.1, -0.05) is 24.3 Å². The first-order valence-electron chi connectivity index (χ1n) is 8.10. The van der Waals surface area contributed by atoms with Crippen LogP contribution in [0, 0.1) is 11.6 Å². The second-order valence-corrected chi connectivity index (χ2v) is 5.98. The molecule has 26 heavy (non-hydrogen) atoms. The monoisotopic (exact) mass is 357 g/mol. The van der Waals surface area contributed by atoms with Gasteiger partial charge < -0.3 is 4.90 Å². The first kappa shape index (κ1) is 17.7. The Morgan fingerprint density at radius 3 is 2.58 bits per heavy atom. The van der Waals surface area contributed by atoms with E-state index in [1.807, 2.05) is 6.07 Å². The summed E-state index contributed by atoms with van der Waals surface area (Å²) in [7, 11) is 1.51. The predicted molar refractivity (Wildman–Crippen MR) is 93.4 cm³/mol. The fraction of sp³-hybridized carbons (Fsp3) is 0.211. The molecule has 0 atom stereocenters. The summed E-state index contributed by atoms with van der Waals surface area (Å²) in [6.07, 6.45) is 0.384. The highest BCUT2D eigenvalue weighted by atomic mass is 19.1. The number of nitrogens with zero attached hydrogens (tertiary/aromatic N) is 3. The molecule has 0 aliphatic carbocycles. The first-order valence-corrected chi connectivity index (χ1v) is 8.10. The fourth-order valence-electron chi connectivity index (χ4n) is 2.68. The van der Waals surface area contributed by atoms with E-state index in [-0.39, 0.29) is 36.6 Å². The normalized spacial score (nSPS) is 14.2. The Bertz CT molecular complexity index is 868. The molecule has 0 N–H and O–H groups in total. The van der Waals surface area contributed by atoms with Crippen molar-refractivity contribution >= 4 is 23.2 Å². The minimum Gasteiger partial charge on any atom is -0.336 e. The Hall–Kier alpha value is -3.09. The van der Waals surface area contributed by atoms with Crippen LogP contribution in [0.4, 0.5) is 14.5 Å². The molecule has 0 radical (unpaired) electrons. The van der Waals surface area contributed by atoms with Crippen LogP contribution < -0.4 is 5.01 Å². The molecule has 0 saturated heterocycles. The Kier molecular flexibility index (Phi) is 5.06. The molecule has 7 heteroatoms. The molecule has 1 heterocycles. The zero-order chi connectivity index (χ0) is 18.7. The summed E-state index contributed by atoms with van der Waals surface area (Å²) < 4.78 is 26.8. The molecule has 2 amide bonds. The number of benzene rings is 2. The van der Waals surface area contributed by atoms with Crippen molar-refractivity contribution in [2.24, 2.45) is 5.10 Å². The van der Waals surface area contributed by atoms with E-state index in [2.05, 4.69) is 5.10 Å². The van der Waals surface area contributed by atoms with Crippen molar-refractivity contribution in [1.29, 1.82) is 0 Å². The Morgan fingerprint density at radius 2 is 1.88 bits per heavy atom. The molecule has 0 bridgehead atoms. The number of halogens is 2. The number of rotatable bonds is 4. The highest BCUT2D eigenvalue weighted by molar-refractivity contribution is 6.40. The predicted octanol–water partition coefficient (Wildman–Crippen LogP) is 3.11. The molecular formula is C19H17F2N3O2. The number of carbonyl (C=O) groups excluding carboxylic acids is 2. The first-order chi connectivity index (χ1) is 12.5. The minimum atomic E-state index is -0.712. The van der Waals surface area contributed by atoms with E-state index in [9.17, 15) is 18.4 Å². The third-order valence-corrected chi connectivity index (χ3v) is 4.05. The van der Waals surface area contributed by atoms with Crippen molar-refractivity contribution in [2.45, 2.75) is 19.4 Å². The summed E-state index contributed by atoms with van der Waals surface area (Å²) in [5.41, 5.74) is 1.00. The van der Waals surface area contributed by atoms with E-state index in [0.29, 0.717) is 5.69 Å². The smallest absolute Gasteiger partial charge is 0.270 e. The standard InChI is InChI=1S/C19H17F2N3O2/c1-23(12-13-7-8-14(20)11-16(13)21)19(26)17-9-10-18(25)24(22-17)15-5-3-2-4-6-15/h2-8,11H,9-10,12H2,1H3. The number of anilines is 1. The SMILES string of the molecule is CN(Cc1ccc(F)cc1F)C(=O)C1=NN(c2ccccc2)C(=O)CC1. The molecule has 0 spiro atoms. The van der Waals surface area contributed by atoms with Crippen molar-refractivity contribution in [2.75, 3.05) is 12.1 Å². The van der Waals surface area contributed by atoms with Crippen molar-refractivity contribution in [3.05, 3.63) is 65.7 Å². The maximum atomic E-state index is 13.8. The lowest BCUT2D eigenvalue weighted by Gasteiger charge is -2.25. The summed E-state index contributed by atoms with van der Waals surface area (Å²) in [6.45, 7) is -0.0246. The molecule has 0 aromatic heterocycles. The van der Waals surface area contributed by atoms with Crippen LogP contribution in [0.1, 0.15) is 18.4 Å². The van der Waals surface area contributed by atoms with Crippen LogP contribution in [0.3, 0.4) is 0 Å². The van der Waals surface area contributed by atoms with Gasteiger partial charge in [-0.15, -0.1) is 0 Å². The number of hydrogen-bond donors (Lipinski definition) is 0. The zero-order valence-corrected chi connectivity index (χ0v) is 14.2. The third-order valence-electron chi connectivity index (χ3n) is 4.05. The molecule has 0 unspecified atom stereocenters. The fourth-order valence-corrected chi connectivity index (χ4v) is 2.68.